The maximum atomic E-state index is 13.7. The molecule has 6 nitrogen and oxygen atoms in total. The van der Waals surface area contributed by atoms with Crippen LogP contribution < -0.4 is 5.32 Å². The Morgan fingerprint density at radius 2 is 1.70 bits per heavy atom. The van der Waals surface area contributed by atoms with Crippen molar-refractivity contribution in [2.75, 3.05) is 46.4 Å². The SMILES string of the molecule is COC1(C(=O)N2CCN(C(=O)c3ccc(C)c(F)c3)CC2)CCNCC1.Cl. The number of nitrogens with zero attached hydrogens (tertiary/aromatic N) is 2. The molecular formula is C19H27ClFN3O3. The Balaban J connectivity index is 0.00000261. The number of piperazine rings is 1. The lowest BCUT2D eigenvalue weighted by Gasteiger charge is -2.42. The van der Waals surface area contributed by atoms with Crippen LogP contribution in [-0.2, 0) is 9.53 Å². The number of carbonyl (C=O) groups excluding carboxylic acids is 2. The molecule has 0 atom stereocenters. The summed E-state index contributed by atoms with van der Waals surface area (Å²) in [7, 11) is 1.59. The van der Waals surface area contributed by atoms with Crippen molar-refractivity contribution in [3.63, 3.8) is 0 Å². The van der Waals surface area contributed by atoms with Gasteiger partial charge in [-0.1, -0.05) is 6.07 Å². The van der Waals surface area contributed by atoms with Gasteiger partial charge in [-0.15, -0.1) is 12.4 Å². The summed E-state index contributed by atoms with van der Waals surface area (Å²) in [5.74, 6) is -0.563. The normalized spacial score (nSPS) is 19.4. The van der Waals surface area contributed by atoms with Crippen molar-refractivity contribution < 1.29 is 18.7 Å². The number of methoxy groups -OCH3 is 1. The minimum absolute atomic E-state index is 0. The van der Waals surface area contributed by atoms with Crippen molar-refractivity contribution in [3.05, 3.63) is 35.1 Å². The van der Waals surface area contributed by atoms with E-state index in [9.17, 15) is 14.0 Å². The molecule has 0 radical (unpaired) electrons. The molecule has 1 aromatic rings. The fourth-order valence-electron chi connectivity index (χ4n) is 3.65. The van der Waals surface area contributed by atoms with Crippen LogP contribution in [0, 0.1) is 12.7 Å². The third-order valence-corrected chi connectivity index (χ3v) is 5.46. The zero-order chi connectivity index (χ0) is 18.7. The third-order valence-electron chi connectivity index (χ3n) is 5.46. The highest BCUT2D eigenvalue weighted by atomic mass is 35.5. The highest BCUT2D eigenvalue weighted by Crippen LogP contribution is 2.26. The summed E-state index contributed by atoms with van der Waals surface area (Å²) in [6.07, 6.45) is 1.31. The molecule has 3 rings (SSSR count). The predicted molar refractivity (Wildman–Crippen MR) is 103 cm³/mol. The standard InChI is InChI=1S/C19H26FN3O3.ClH/c1-14-3-4-15(13-16(14)20)17(24)22-9-11-23(12-10-22)18(25)19(26-2)5-7-21-8-6-19;/h3-4,13,21H,5-12H2,1-2H3;1H. The fraction of sp³-hybridized carbons (Fsp3) is 0.579. The number of carbonyl (C=O) groups is 2. The second-order valence-electron chi connectivity index (χ2n) is 7.00. The van der Waals surface area contributed by atoms with Crippen LogP contribution in [0.25, 0.3) is 0 Å². The van der Waals surface area contributed by atoms with Gasteiger partial charge in [0.1, 0.15) is 11.4 Å². The molecular weight excluding hydrogens is 373 g/mol. The first-order valence-corrected chi connectivity index (χ1v) is 9.07. The van der Waals surface area contributed by atoms with Crippen LogP contribution in [-0.4, -0.2) is 73.6 Å². The van der Waals surface area contributed by atoms with E-state index in [0.29, 0.717) is 50.1 Å². The highest BCUT2D eigenvalue weighted by Gasteiger charge is 2.43. The molecule has 0 saturated carbocycles. The number of piperidine rings is 1. The molecule has 0 spiro atoms. The van der Waals surface area contributed by atoms with Gasteiger partial charge in [-0.2, -0.15) is 0 Å². The van der Waals surface area contributed by atoms with Crippen LogP contribution in [0.1, 0.15) is 28.8 Å². The number of ether oxygens (including phenoxy) is 1. The second kappa shape index (κ2) is 8.99. The number of amides is 2. The largest absolute Gasteiger partial charge is 0.368 e. The van der Waals surface area contributed by atoms with Gasteiger partial charge in [0, 0.05) is 38.9 Å². The molecule has 1 N–H and O–H groups in total. The van der Waals surface area contributed by atoms with Crippen molar-refractivity contribution >= 4 is 24.2 Å². The third kappa shape index (κ3) is 4.42. The van der Waals surface area contributed by atoms with Gasteiger partial charge >= 0.3 is 0 Å². The number of hydrogen-bond donors (Lipinski definition) is 1. The van der Waals surface area contributed by atoms with Crippen molar-refractivity contribution in [2.45, 2.75) is 25.4 Å². The summed E-state index contributed by atoms with van der Waals surface area (Å²) in [5, 5.41) is 3.25. The van der Waals surface area contributed by atoms with E-state index in [1.54, 1.807) is 36.0 Å². The van der Waals surface area contributed by atoms with Crippen LogP contribution in [0.5, 0.6) is 0 Å². The molecule has 0 aliphatic carbocycles. The Hall–Kier alpha value is -1.70. The smallest absolute Gasteiger partial charge is 0.255 e. The monoisotopic (exact) mass is 399 g/mol. The number of rotatable bonds is 3. The number of halogens is 2. The Morgan fingerprint density at radius 1 is 1.11 bits per heavy atom. The first kappa shape index (κ1) is 21.6. The topological polar surface area (TPSA) is 61.9 Å². The van der Waals surface area contributed by atoms with E-state index in [4.69, 9.17) is 4.74 Å². The van der Waals surface area contributed by atoms with Crippen molar-refractivity contribution in [3.8, 4) is 0 Å². The Morgan fingerprint density at radius 3 is 2.26 bits per heavy atom. The lowest BCUT2D eigenvalue weighted by molar-refractivity contribution is -0.159. The highest BCUT2D eigenvalue weighted by molar-refractivity contribution is 5.94. The molecule has 150 valence electrons. The number of nitrogens with one attached hydrogen (secondary N) is 1. The first-order chi connectivity index (χ1) is 12.5. The molecule has 2 fully saturated rings. The fourth-order valence-corrected chi connectivity index (χ4v) is 3.65. The van der Waals surface area contributed by atoms with Crippen molar-refractivity contribution in [2.24, 2.45) is 0 Å². The molecule has 0 unspecified atom stereocenters. The first-order valence-electron chi connectivity index (χ1n) is 9.07. The summed E-state index contributed by atoms with van der Waals surface area (Å²) in [5.41, 5.74) is 0.112. The average molecular weight is 400 g/mol. The summed E-state index contributed by atoms with van der Waals surface area (Å²) in [6.45, 7) is 5.01. The summed E-state index contributed by atoms with van der Waals surface area (Å²) < 4.78 is 19.3. The molecule has 2 amide bonds. The van der Waals surface area contributed by atoms with E-state index in [2.05, 4.69) is 5.32 Å². The van der Waals surface area contributed by atoms with Gasteiger partial charge in [-0.3, -0.25) is 9.59 Å². The number of benzene rings is 1. The van der Waals surface area contributed by atoms with Gasteiger partial charge in [-0.05, 0) is 50.6 Å². The van der Waals surface area contributed by atoms with Gasteiger partial charge in [-0.25, -0.2) is 4.39 Å². The van der Waals surface area contributed by atoms with Crippen LogP contribution in [0.3, 0.4) is 0 Å². The molecule has 1 aromatic carbocycles. The maximum absolute atomic E-state index is 13.7. The van der Waals surface area contributed by atoms with E-state index in [1.807, 2.05) is 0 Å². The summed E-state index contributed by atoms with van der Waals surface area (Å²) in [6, 6.07) is 4.54. The van der Waals surface area contributed by atoms with E-state index >= 15 is 0 Å². The van der Waals surface area contributed by atoms with E-state index in [1.165, 1.54) is 6.07 Å². The van der Waals surface area contributed by atoms with Gasteiger partial charge in [0.05, 0.1) is 0 Å². The predicted octanol–water partition coefficient (Wildman–Crippen LogP) is 1.61. The number of aryl methyl sites for hydroxylation is 1. The maximum Gasteiger partial charge on any atom is 0.255 e. The molecule has 0 aromatic heterocycles. The van der Waals surface area contributed by atoms with Crippen LogP contribution >= 0.6 is 12.4 Å². The average Bonchev–Trinajstić information content (AvgIpc) is 2.69. The van der Waals surface area contributed by atoms with Crippen LogP contribution in [0.2, 0.25) is 0 Å². The summed E-state index contributed by atoms with van der Waals surface area (Å²) >= 11 is 0. The minimum Gasteiger partial charge on any atom is -0.368 e. The zero-order valence-electron chi connectivity index (χ0n) is 15.8. The molecule has 0 bridgehead atoms. The van der Waals surface area contributed by atoms with E-state index in [0.717, 1.165) is 13.1 Å². The van der Waals surface area contributed by atoms with Gasteiger partial charge in [0.15, 0.2) is 0 Å². The molecule has 2 aliphatic heterocycles. The van der Waals surface area contributed by atoms with Crippen molar-refractivity contribution in [1.29, 1.82) is 0 Å². The van der Waals surface area contributed by atoms with Gasteiger partial charge in [0.25, 0.3) is 11.8 Å². The lowest BCUT2D eigenvalue weighted by Crippen LogP contribution is -2.59. The van der Waals surface area contributed by atoms with Crippen molar-refractivity contribution in [1.82, 2.24) is 15.1 Å². The molecule has 27 heavy (non-hydrogen) atoms. The summed E-state index contributed by atoms with van der Waals surface area (Å²) in [4.78, 5) is 29.0. The number of hydrogen-bond acceptors (Lipinski definition) is 4. The molecule has 2 aliphatic rings. The van der Waals surface area contributed by atoms with E-state index < -0.39 is 5.60 Å². The zero-order valence-corrected chi connectivity index (χ0v) is 16.6. The van der Waals surface area contributed by atoms with Gasteiger partial charge < -0.3 is 19.9 Å². The Kier molecular flexibility index (Phi) is 7.19. The molecule has 2 saturated heterocycles. The van der Waals surface area contributed by atoms with Crippen LogP contribution in [0.15, 0.2) is 18.2 Å². The van der Waals surface area contributed by atoms with E-state index in [-0.39, 0.29) is 30.0 Å². The minimum atomic E-state index is -0.752. The lowest BCUT2D eigenvalue weighted by atomic mass is 9.90. The molecule has 8 heteroatoms. The van der Waals surface area contributed by atoms with Crippen LogP contribution in [0.4, 0.5) is 4.39 Å². The quantitative estimate of drug-likeness (QED) is 0.838. The Labute approximate surface area is 165 Å². The molecule has 2 heterocycles. The second-order valence-corrected chi connectivity index (χ2v) is 7.00. The Bertz CT molecular complexity index is 687. The van der Waals surface area contributed by atoms with Gasteiger partial charge in [0.2, 0.25) is 0 Å².